The highest BCUT2D eigenvalue weighted by Crippen LogP contribution is 2.41. The van der Waals surface area contributed by atoms with Crippen LogP contribution in [0.3, 0.4) is 0 Å². The quantitative estimate of drug-likeness (QED) is 0.349. The molecule has 11 heteroatoms. The number of ketones is 1. The maximum absolute atomic E-state index is 13.0. The summed E-state index contributed by atoms with van der Waals surface area (Å²) in [7, 11) is 0. The van der Waals surface area contributed by atoms with Crippen molar-refractivity contribution in [3.63, 3.8) is 0 Å². The van der Waals surface area contributed by atoms with Crippen LogP contribution in [-0.4, -0.2) is 38.3 Å². The Morgan fingerprint density at radius 1 is 1.00 bits per heavy atom. The van der Waals surface area contributed by atoms with Gasteiger partial charge in [0.15, 0.2) is 11.6 Å². The molecule has 3 heterocycles. The molecule has 8 nitrogen and oxygen atoms in total. The number of aromatic nitrogens is 3. The molecule has 1 amide bonds. The summed E-state index contributed by atoms with van der Waals surface area (Å²) in [5.74, 6) is -2.95. The fourth-order valence-corrected chi connectivity index (χ4v) is 3.50. The number of Topliss-reactive ketones (excluding diaryl/α,β-unsaturated/α-hetero) is 1. The minimum absolute atomic E-state index is 0.0317. The summed E-state index contributed by atoms with van der Waals surface area (Å²) in [6, 6.07) is 9.65. The molecule has 174 valence electrons. The summed E-state index contributed by atoms with van der Waals surface area (Å²) >= 11 is 0. The van der Waals surface area contributed by atoms with E-state index >= 15 is 0 Å². The number of rotatable bonds is 4. The molecule has 1 aliphatic rings. The van der Waals surface area contributed by atoms with Gasteiger partial charge in [0.2, 0.25) is 0 Å². The van der Waals surface area contributed by atoms with E-state index in [1.54, 1.807) is 26.0 Å². The van der Waals surface area contributed by atoms with Crippen molar-refractivity contribution >= 4 is 23.3 Å². The molecule has 0 bridgehead atoms. The van der Waals surface area contributed by atoms with Crippen molar-refractivity contribution < 1.29 is 32.6 Å². The number of hydrogen-bond acceptors (Lipinski definition) is 7. The Kier molecular flexibility index (Phi) is 5.78. The maximum atomic E-state index is 13.0. The topological polar surface area (TPSA) is 106 Å². The molecule has 34 heavy (non-hydrogen) atoms. The van der Waals surface area contributed by atoms with Gasteiger partial charge in [0.1, 0.15) is 11.4 Å². The number of nitrogens with zero attached hydrogens (tertiary/aromatic N) is 4. The first-order valence-electron chi connectivity index (χ1n) is 9.95. The molecule has 1 aliphatic heterocycles. The summed E-state index contributed by atoms with van der Waals surface area (Å²) in [6.45, 7) is 3.47. The number of hydrogen-bond donors (Lipinski definition) is 1. The van der Waals surface area contributed by atoms with Crippen molar-refractivity contribution in [2.75, 3.05) is 4.90 Å². The van der Waals surface area contributed by atoms with Crippen molar-refractivity contribution in [1.29, 1.82) is 0 Å². The van der Waals surface area contributed by atoms with Crippen LogP contribution in [0.25, 0.3) is 5.76 Å². The molecule has 0 saturated carbocycles. The Labute approximate surface area is 191 Å². The number of alkyl halides is 3. The van der Waals surface area contributed by atoms with Gasteiger partial charge >= 0.3 is 12.3 Å². The zero-order chi connectivity index (χ0) is 24.6. The molecule has 0 aliphatic carbocycles. The number of benzene rings is 1. The molecule has 1 aromatic carbocycles. The number of aliphatic hydroxyl groups is 1. The molecule has 1 saturated heterocycles. The smallest absolute Gasteiger partial charge is 0.505 e. The van der Waals surface area contributed by atoms with Gasteiger partial charge < -0.3 is 9.84 Å². The number of carbonyl (C=O) groups excluding carboxylic acids is 2. The lowest BCUT2D eigenvalue weighted by molar-refractivity contribution is -0.274. The molecule has 1 N–H and O–H groups in total. The van der Waals surface area contributed by atoms with Crippen LogP contribution in [0.4, 0.5) is 19.0 Å². The van der Waals surface area contributed by atoms with Crippen molar-refractivity contribution in [2.24, 2.45) is 0 Å². The molecule has 3 aromatic rings. The number of aliphatic hydroxyl groups excluding tert-OH is 1. The Morgan fingerprint density at radius 3 is 2.26 bits per heavy atom. The third kappa shape index (κ3) is 4.45. The van der Waals surface area contributed by atoms with Crippen molar-refractivity contribution in [1.82, 2.24) is 15.2 Å². The Hall–Kier alpha value is -4.28. The van der Waals surface area contributed by atoms with Crippen LogP contribution in [0.1, 0.15) is 28.6 Å². The molecular weight excluding hydrogens is 453 g/mol. The van der Waals surface area contributed by atoms with E-state index in [1.807, 2.05) is 0 Å². The van der Waals surface area contributed by atoms with E-state index < -0.39 is 35.6 Å². The van der Waals surface area contributed by atoms with E-state index in [4.69, 9.17) is 0 Å². The van der Waals surface area contributed by atoms with E-state index in [0.717, 1.165) is 22.6 Å². The van der Waals surface area contributed by atoms with Gasteiger partial charge in [0, 0.05) is 6.20 Å². The molecule has 0 radical (unpaired) electrons. The van der Waals surface area contributed by atoms with E-state index in [0.29, 0.717) is 5.69 Å². The molecule has 0 spiro atoms. The van der Waals surface area contributed by atoms with Crippen molar-refractivity contribution in [3.8, 4) is 5.75 Å². The standard InChI is InChI=1S/C23H17F3N4O4/c1-12-3-9-16(27-11-12)20(31)18-19(14-5-7-15(8-6-14)34-23(24,25)26)30(22(33)21(18)32)17-10-4-13(2)28-29-17/h3-11,19,31H,1-2H3. The lowest BCUT2D eigenvalue weighted by atomic mass is 9.96. The van der Waals surface area contributed by atoms with E-state index in [2.05, 4.69) is 19.9 Å². The summed E-state index contributed by atoms with van der Waals surface area (Å²) in [5.41, 5.74) is 1.39. The lowest BCUT2D eigenvalue weighted by Gasteiger charge is -2.24. The van der Waals surface area contributed by atoms with Gasteiger partial charge in [-0.15, -0.1) is 18.3 Å². The monoisotopic (exact) mass is 470 g/mol. The van der Waals surface area contributed by atoms with Crippen LogP contribution in [0.5, 0.6) is 5.75 Å². The first kappa shape index (κ1) is 22.9. The molecule has 1 unspecified atom stereocenters. The molecular formula is C23H17F3N4O4. The Balaban J connectivity index is 1.87. The summed E-state index contributed by atoms with van der Waals surface area (Å²) < 4.78 is 41.6. The number of halogens is 3. The molecule has 1 fully saturated rings. The van der Waals surface area contributed by atoms with Gasteiger partial charge in [-0.1, -0.05) is 18.2 Å². The third-order valence-electron chi connectivity index (χ3n) is 5.06. The minimum atomic E-state index is -4.88. The van der Waals surface area contributed by atoms with Gasteiger partial charge in [0.05, 0.1) is 17.3 Å². The number of anilines is 1. The molecule has 2 aromatic heterocycles. The number of ether oxygens (including phenoxy) is 1. The summed E-state index contributed by atoms with van der Waals surface area (Å²) in [5, 5.41) is 18.8. The summed E-state index contributed by atoms with van der Waals surface area (Å²) in [4.78, 5) is 31.2. The van der Waals surface area contributed by atoms with Gasteiger partial charge in [0.25, 0.3) is 5.78 Å². The van der Waals surface area contributed by atoms with Crippen LogP contribution in [-0.2, 0) is 9.59 Å². The SMILES string of the molecule is Cc1ccc(C(O)=C2C(=O)C(=O)N(c3ccc(C)nn3)C2c2ccc(OC(F)(F)F)cc2)nc1. The first-order chi connectivity index (χ1) is 16.0. The number of amides is 1. The van der Waals surface area contributed by atoms with Crippen LogP contribution < -0.4 is 9.64 Å². The van der Waals surface area contributed by atoms with E-state index in [-0.39, 0.29) is 22.6 Å². The molecule has 1 atom stereocenters. The van der Waals surface area contributed by atoms with Gasteiger partial charge in [-0.3, -0.25) is 19.5 Å². The minimum Gasteiger partial charge on any atom is -0.505 e. The average molecular weight is 470 g/mol. The van der Waals surface area contributed by atoms with Crippen LogP contribution in [0.15, 0.2) is 60.3 Å². The summed E-state index contributed by atoms with van der Waals surface area (Å²) in [6.07, 6.45) is -3.40. The average Bonchev–Trinajstić information content (AvgIpc) is 3.04. The Bertz CT molecular complexity index is 1270. The zero-order valence-corrected chi connectivity index (χ0v) is 17.9. The second kappa shape index (κ2) is 8.58. The fourth-order valence-electron chi connectivity index (χ4n) is 3.50. The van der Waals surface area contributed by atoms with E-state index in [1.165, 1.54) is 30.5 Å². The largest absolute Gasteiger partial charge is 0.573 e. The predicted octanol–water partition coefficient (Wildman–Crippen LogP) is 4.01. The van der Waals surface area contributed by atoms with Gasteiger partial charge in [-0.25, -0.2) is 0 Å². The maximum Gasteiger partial charge on any atom is 0.573 e. The van der Waals surface area contributed by atoms with Gasteiger partial charge in [-0.05, 0) is 55.3 Å². The number of pyridine rings is 1. The van der Waals surface area contributed by atoms with Gasteiger partial charge in [-0.2, -0.15) is 5.10 Å². The van der Waals surface area contributed by atoms with Crippen LogP contribution in [0.2, 0.25) is 0 Å². The Morgan fingerprint density at radius 2 is 1.71 bits per heavy atom. The second-order valence-electron chi connectivity index (χ2n) is 7.54. The highest BCUT2D eigenvalue weighted by atomic mass is 19.4. The lowest BCUT2D eigenvalue weighted by Crippen LogP contribution is -2.30. The van der Waals surface area contributed by atoms with Crippen molar-refractivity contribution in [2.45, 2.75) is 26.3 Å². The first-order valence-corrected chi connectivity index (χ1v) is 9.95. The number of carbonyl (C=O) groups is 2. The van der Waals surface area contributed by atoms with E-state index in [9.17, 15) is 27.9 Å². The zero-order valence-electron chi connectivity index (χ0n) is 17.9. The fraction of sp³-hybridized carbons (Fsp3) is 0.174. The van der Waals surface area contributed by atoms with Crippen LogP contribution in [0, 0.1) is 13.8 Å². The second-order valence-corrected chi connectivity index (χ2v) is 7.54. The van der Waals surface area contributed by atoms with Crippen molar-refractivity contribution in [3.05, 3.63) is 82.8 Å². The normalized spacial score (nSPS) is 17.8. The highest BCUT2D eigenvalue weighted by Gasteiger charge is 2.48. The number of aryl methyl sites for hydroxylation is 2. The third-order valence-corrected chi connectivity index (χ3v) is 5.06. The highest BCUT2D eigenvalue weighted by molar-refractivity contribution is 6.51. The predicted molar refractivity (Wildman–Crippen MR) is 114 cm³/mol. The van der Waals surface area contributed by atoms with Crippen LogP contribution >= 0.6 is 0 Å². The molecule has 4 rings (SSSR count).